The Morgan fingerprint density at radius 2 is 2.06 bits per heavy atom. The second kappa shape index (κ2) is 8.74. The van der Waals surface area contributed by atoms with Crippen molar-refractivity contribution in [1.82, 2.24) is 20.2 Å². The standard InChI is InChI=1S/C21H26N4O3.CH2O2/c1-13-8-23-17(10-22-13)19(26)24-9-15-16-11-25(20(27)14-4-2-3-5-14)12-21(16)7-6-18(15)28-21;2-1-3/h2-3,8,10,14-16,18H,4-7,9,11-12H2,1H3,(H,24,26);1H,(H,2,3)/t15-,16+,18+,21+;/m0./s1. The lowest BCUT2D eigenvalue weighted by molar-refractivity contribution is -0.135. The molecule has 1 aromatic rings. The molecule has 5 rings (SSSR count). The van der Waals surface area contributed by atoms with E-state index in [2.05, 4.69) is 27.4 Å². The molecule has 1 spiro atoms. The summed E-state index contributed by atoms with van der Waals surface area (Å²) in [7, 11) is 0. The Morgan fingerprint density at radius 3 is 2.74 bits per heavy atom. The van der Waals surface area contributed by atoms with E-state index in [9.17, 15) is 9.59 Å². The van der Waals surface area contributed by atoms with E-state index in [1.807, 2.05) is 11.8 Å². The number of hydrogen-bond donors (Lipinski definition) is 2. The minimum absolute atomic E-state index is 0.102. The van der Waals surface area contributed by atoms with Gasteiger partial charge in [0.2, 0.25) is 5.91 Å². The number of ether oxygens (including phenoxy) is 1. The van der Waals surface area contributed by atoms with Gasteiger partial charge < -0.3 is 20.1 Å². The number of amides is 2. The van der Waals surface area contributed by atoms with Crippen LogP contribution in [0.5, 0.6) is 0 Å². The van der Waals surface area contributed by atoms with Gasteiger partial charge in [0, 0.05) is 37.0 Å². The van der Waals surface area contributed by atoms with Crippen LogP contribution >= 0.6 is 0 Å². The molecule has 3 fully saturated rings. The van der Waals surface area contributed by atoms with Crippen LogP contribution in [0.2, 0.25) is 0 Å². The van der Waals surface area contributed by atoms with Crippen LogP contribution in [0, 0.1) is 24.7 Å². The number of fused-ring (bicyclic) bond motifs is 1. The Hall–Kier alpha value is -2.81. The monoisotopic (exact) mass is 428 g/mol. The number of hydrogen-bond acceptors (Lipinski definition) is 6. The van der Waals surface area contributed by atoms with Gasteiger partial charge in [-0.1, -0.05) is 12.2 Å². The zero-order valence-corrected chi connectivity index (χ0v) is 17.6. The Kier molecular flexibility index (Phi) is 6.04. The van der Waals surface area contributed by atoms with Crippen molar-refractivity contribution < 1.29 is 24.2 Å². The molecule has 0 radical (unpaired) electrons. The van der Waals surface area contributed by atoms with E-state index < -0.39 is 0 Å². The van der Waals surface area contributed by atoms with Crippen molar-refractivity contribution in [2.75, 3.05) is 19.6 Å². The summed E-state index contributed by atoms with van der Waals surface area (Å²) < 4.78 is 6.40. The lowest BCUT2D eigenvalue weighted by atomic mass is 9.73. The van der Waals surface area contributed by atoms with Crippen LogP contribution in [-0.2, 0) is 14.3 Å². The van der Waals surface area contributed by atoms with Crippen LogP contribution in [0.1, 0.15) is 41.9 Å². The Labute approximate surface area is 180 Å². The number of likely N-dealkylation sites (tertiary alicyclic amines) is 1. The molecule has 2 amide bonds. The van der Waals surface area contributed by atoms with Gasteiger partial charge in [-0.05, 0) is 32.6 Å². The fourth-order valence-electron chi connectivity index (χ4n) is 5.52. The molecule has 4 aliphatic rings. The number of nitrogens with one attached hydrogen (secondary N) is 1. The Balaban J connectivity index is 0.000000730. The first-order valence-electron chi connectivity index (χ1n) is 10.7. The summed E-state index contributed by atoms with van der Waals surface area (Å²) >= 11 is 0. The zero-order chi connectivity index (χ0) is 22.0. The van der Waals surface area contributed by atoms with E-state index in [1.165, 1.54) is 6.20 Å². The molecule has 4 heterocycles. The van der Waals surface area contributed by atoms with Crippen molar-refractivity contribution in [2.24, 2.45) is 17.8 Å². The smallest absolute Gasteiger partial charge is 0.290 e. The first kappa shape index (κ1) is 21.4. The van der Waals surface area contributed by atoms with Gasteiger partial charge in [-0.25, -0.2) is 4.98 Å². The van der Waals surface area contributed by atoms with Gasteiger partial charge in [0.15, 0.2) is 0 Å². The van der Waals surface area contributed by atoms with Gasteiger partial charge in [-0.2, -0.15) is 0 Å². The number of aromatic nitrogens is 2. The number of nitrogens with zero attached hydrogens (tertiary/aromatic N) is 3. The highest BCUT2D eigenvalue weighted by atomic mass is 16.5. The molecule has 0 saturated carbocycles. The van der Waals surface area contributed by atoms with Crippen LogP contribution in [0.4, 0.5) is 0 Å². The summed E-state index contributed by atoms with van der Waals surface area (Å²) in [5, 5.41) is 9.91. The van der Waals surface area contributed by atoms with Crippen LogP contribution < -0.4 is 5.32 Å². The first-order chi connectivity index (χ1) is 15.0. The van der Waals surface area contributed by atoms with Gasteiger partial charge in [0.1, 0.15) is 5.69 Å². The van der Waals surface area contributed by atoms with E-state index in [0.717, 1.165) is 37.9 Å². The topological polar surface area (TPSA) is 122 Å². The quantitative estimate of drug-likeness (QED) is 0.546. The Morgan fingerprint density at radius 1 is 1.32 bits per heavy atom. The molecule has 4 atom stereocenters. The number of carbonyl (C=O) groups excluding carboxylic acids is 2. The summed E-state index contributed by atoms with van der Waals surface area (Å²) in [5.74, 6) is 0.709. The average molecular weight is 428 g/mol. The summed E-state index contributed by atoms with van der Waals surface area (Å²) in [6.07, 6.45) is 11.2. The molecule has 3 aliphatic heterocycles. The third kappa shape index (κ3) is 4.06. The Bertz CT molecular complexity index is 865. The minimum atomic E-state index is -0.250. The molecule has 1 aliphatic carbocycles. The highest BCUT2D eigenvalue weighted by Crippen LogP contribution is 2.54. The normalized spacial score (nSPS) is 30.6. The fraction of sp³-hybridized carbons (Fsp3) is 0.591. The van der Waals surface area contributed by atoms with Crippen molar-refractivity contribution >= 4 is 18.3 Å². The molecule has 0 unspecified atom stereocenters. The van der Waals surface area contributed by atoms with E-state index in [-0.39, 0.29) is 41.8 Å². The molecule has 31 heavy (non-hydrogen) atoms. The molecule has 166 valence electrons. The average Bonchev–Trinajstić information content (AvgIpc) is 3.53. The van der Waals surface area contributed by atoms with Crippen molar-refractivity contribution in [2.45, 2.75) is 44.3 Å². The van der Waals surface area contributed by atoms with Crippen LogP contribution in [0.15, 0.2) is 24.5 Å². The molecule has 3 saturated heterocycles. The molecule has 9 nitrogen and oxygen atoms in total. The number of allylic oxidation sites excluding steroid dienone is 2. The number of rotatable bonds is 4. The maximum absolute atomic E-state index is 12.9. The molecule has 0 aromatic carbocycles. The van der Waals surface area contributed by atoms with Crippen LogP contribution in [-0.4, -0.2) is 69.6 Å². The highest BCUT2D eigenvalue weighted by Gasteiger charge is 2.63. The predicted molar refractivity (Wildman–Crippen MR) is 110 cm³/mol. The molecule has 9 heteroatoms. The second-order valence-electron chi connectivity index (χ2n) is 8.75. The largest absolute Gasteiger partial charge is 0.483 e. The third-order valence-electron chi connectivity index (χ3n) is 6.96. The summed E-state index contributed by atoms with van der Waals surface area (Å²) in [6, 6.07) is 0. The van der Waals surface area contributed by atoms with E-state index in [0.29, 0.717) is 24.7 Å². The van der Waals surface area contributed by atoms with Crippen molar-refractivity contribution in [3.8, 4) is 0 Å². The number of aryl methyl sites for hydroxylation is 1. The fourth-order valence-corrected chi connectivity index (χ4v) is 5.52. The number of carboxylic acid groups (broad SMARTS) is 1. The molecule has 2 bridgehead atoms. The summed E-state index contributed by atoms with van der Waals surface area (Å²) in [4.78, 5) is 44.0. The maximum atomic E-state index is 12.9. The third-order valence-corrected chi connectivity index (χ3v) is 6.96. The van der Waals surface area contributed by atoms with Crippen molar-refractivity contribution in [3.05, 3.63) is 35.9 Å². The van der Waals surface area contributed by atoms with E-state index >= 15 is 0 Å². The predicted octanol–water partition coefficient (Wildman–Crippen LogP) is 1.19. The van der Waals surface area contributed by atoms with Crippen LogP contribution in [0.25, 0.3) is 0 Å². The second-order valence-corrected chi connectivity index (χ2v) is 8.75. The van der Waals surface area contributed by atoms with E-state index in [4.69, 9.17) is 14.6 Å². The van der Waals surface area contributed by atoms with Gasteiger partial charge in [0.05, 0.1) is 30.1 Å². The summed E-state index contributed by atoms with van der Waals surface area (Å²) in [5.41, 5.74) is 0.917. The highest BCUT2D eigenvalue weighted by molar-refractivity contribution is 5.91. The number of carbonyl (C=O) groups is 3. The molecule has 2 N–H and O–H groups in total. The van der Waals surface area contributed by atoms with Gasteiger partial charge >= 0.3 is 0 Å². The summed E-state index contributed by atoms with van der Waals surface area (Å²) in [6.45, 7) is 3.60. The maximum Gasteiger partial charge on any atom is 0.290 e. The molecular weight excluding hydrogens is 400 g/mol. The minimum Gasteiger partial charge on any atom is -0.483 e. The van der Waals surface area contributed by atoms with E-state index in [1.54, 1.807) is 6.20 Å². The van der Waals surface area contributed by atoms with Gasteiger partial charge in [-0.3, -0.25) is 19.4 Å². The molecular formula is C22H28N4O5. The van der Waals surface area contributed by atoms with Gasteiger partial charge in [0.25, 0.3) is 12.4 Å². The molecule has 1 aromatic heterocycles. The van der Waals surface area contributed by atoms with Crippen molar-refractivity contribution in [1.29, 1.82) is 0 Å². The zero-order valence-electron chi connectivity index (χ0n) is 17.6. The first-order valence-corrected chi connectivity index (χ1v) is 10.7. The van der Waals surface area contributed by atoms with Crippen molar-refractivity contribution in [3.63, 3.8) is 0 Å². The SMILES string of the molecule is Cc1cnc(C(=O)NC[C@H]2[C@H]3CN(C(=O)C4CC=CC4)C[C@]34CC[C@H]2O4)cn1.O=CO. The lowest BCUT2D eigenvalue weighted by Crippen LogP contribution is -2.42. The van der Waals surface area contributed by atoms with Crippen LogP contribution in [0.3, 0.4) is 0 Å². The van der Waals surface area contributed by atoms with Gasteiger partial charge in [-0.15, -0.1) is 0 Å². The lowest BCUT2D eigenvalue weighted by Gasteiger charge is -2.29.